The summed E-state index contributed by atoms with van der Waals surface area (Å²) in [7, 11) is 0. The number of Topliss-reactive ketones (excluding diaryl/α,β-unsaturated/α-hetero) is 1. The molecule has 0 aliphatic carbocycles. The number of benzene rings is 1. The van der Waals surface area contributed by atoms with Crippen LogP contribution < -0.4 is 22.1 Å². The van der Waals surface area contributed by atoms with Crippen molar-refractivity contribution in [3.8, 4) is 0 Å². The average molecular weight is 236 g/mol. The van der Waals surface area contributed by atoms with Crippen LogP contribution >= 0.6 is 0 Å². The van der Waals surface area contributed by atoms with Gasteiger partial charge in [0.2, 0.25) is 0 Å². The SMILES string of the molecule is CC(=O)c1cc(NCCNC(N)=O)ccc1N. The maximum atomic E-state index is 11.3. The molecule has 0 aliphatic rings. The van der Waals surface area contributed by atoms with Crippen LogP contribution in [0.25, 0.3) is 0 Å². The molecule has 1 aromatic rings. The fourth-order valence-electron chi connectivity index (χ4n) is 1.36. The zero-order valence-electron chi connectivity index (χ0n) is 9.62. The number of ketones is 1. The van der Waals surface area contributed by atoms with Gasteiger partial charge in [-0.25, -0.2) is 4.79 Å². The number of urea groups is 1. The number of nitrogens with one attached hydrogen (secondary N) is 2. The van der Waals surface area contributed by atoms with Crippen molar-refractivity contribution in [2.75, 3.05) is 24.1 Å². The van der Waals surface area contributed by atoms with E-state index in [2.05, 4.69) is 10.6 Å². The van der Waals surface area contributed by atoms with Gasteiger partial charge < -0.3 is 22.1 Å². The maximum Gasteiger partial charge on any atom is 0.312 e. The largest absolute Gasteiger partial charge is 0.398 e. The molecule has 0 bridgehead atoms. The Balaban J connectivity index is 2.57. The average Bonchev–Trinajstić information content (AvgIpc) is 2.25. The molecule has 0 heterocycles. The quantitative estimate of drug-likeness (QED) is 0.340. The Morgan fingerprint density at radius 3 is 2.59 bits per heavy atom. The van der Waals surface area contributed by atoms with Crippen molar-refractivity contribution in [1.29, 1.82) is 0 Å². The van der Waals surface area contributed by atoms with Gasteiger partial charge in [0.1, 0.15) is 0 Å². The van der Waals surface area contributed by atoms with Crippen LogP contribution in [0.1, 0.15) is 17.3 Å². The van der Waals surface area contributed by atoms with E-state index in [-0.39, 0.29) is 5.78 Å². The highest BCUT2D eigenvalue weighted by atomic mass is 16.2. The van der Waals surface area contributed by atoms with Crippen LogP contribution in [0.2, 0.25) is 0 Å². The van der Waals surface area contributed by atoms with Crippen LogP contribution in [0.5, 0.6) is 0 Å². The second kappa shape index (κ2) is 5.74. The van der Waals surface area contributed by atoms with Crippen LogP contribution in [-0.2, 0) is 0 Å². The Bertz CT molecular complexity index is 431. The third-order valence-corrected chi connectivity index (χ3v) is 2.19. The van der Waals surface area contributed by atoms with E-state index in [1.54, 1.807) is 18.2 Å². The molecule has 6 N–H and O–H groups in total. The summed E-state index contributed by atoms with van der Waals surface area (Å²) in [6.07, 6.45) is 0. The van der Waals surface area contributed by atoms with Gasteiger partial charge in [0.05, 0.1) is 0 Å². The Morgan fingerprint density at radius 2 is 2.00 bits per heavy atom. The third kappa shape index (κ3) is 4.02. The Labute approximate surface area is 99.4 Å². The van der Waals surface area contributed by atoms with E-state index >= 15 is 0 Å². The highest BCUT2D eigenvalue weighted by Gasteiger charge is 2.05. The zero-order valence-corrected chi connectivity index (χ0v) is 9.62. The van der Waals surface area contributed by atoms with Crippen molar-refractivity contribution < 1.29 is 9.59 Å². The van der Waals surface area contributed by atoms with E-state index in [0.717, 1.165) is 5.69 Å². The lowest BCUT2D eigenvalue weighted by molar-refractivity contribution is 0.101. The smallest absolute Gasteiger partial charge is 0.312 e. The number of amides is 2. The number of anilines is 2. The number of rotatable bonds is 5. The Kier molecular flexibility index (Phi) is 4.33. The van der Waals surface area contributed by atoms with Crippen molar-refractivity contribution in [3.63, 3.8) is 0 Å². The molecular weight excluding hydrogens is 220 g/mol. The minimum Gasteiger partial charge on any atom is -0.398 e. The van der Waals surface area contributed by atoms with Crippen molar-refractivity contribution >= 4 is 23.2 Å². The molecule has 6 heteroatoms. The molecule has 1 aromatic carbocycles. The first-order valence-corrected chi connectivity index (χ1v) is 5.18. The minimum absolute atomic E-state index is 0.0820. The van der Waals surface area contributed by atoms with Gasteiger partial charge >= 0.3 is 6.03 Å². The number of nitrogen functional groups attached to an aromatic ring is 1. The molecule has 0 fully saturated rings. The van der Waals surface area contributed by atoms with Gasteiger partial charge in [-0.1, -0.05) is 0 Å². The predicted octanol–water partition coefficient (Wildman–Crippen LogP) is 0.552. The highest BCUT2D eigenvalue weighted by Crippen LogP contribution is 2.17. The Hall–Kier alpha value is -2.24. The molecule has 0 spiro atoms. The summed E-state index contributed by atoms with van der Waals surface area (Å²) in [5, 5.41) is 5.49. The molecule has 1 rings (SSSR count). The van der Waals surface area contributed by atoms with Crippen LogP contribution in [0.4, 0.5) is 16.2 Å². The molecule has 92 valence electrons. The minimum atomic E-state index is -0.562. The third-order valence-electron chi connectivity index (χ3n) is 2.19. The molecule has 0 unspecified atom stereocenters. The van der Waals surface area contributed by atoms with Gasteiger partial charge in [0.25, 0.3) is 0 Å². The zero-order chi connectivity index (χ0) is 12.8. The lowest BCUT2D eigenvalue weighted by Crippen LogP contribution is -2.33. The van der Waals surface area contributed by atoms with Crippen LogP contribution in [0.3, 0.4) is 0 Å². The lowest BCUT2D eigenvalue weighted by atomic mass is 10.1. The molecule has 6 nitrogen and oxygen atoms in total. The van der Waals surface area contributed by atoms with Gasteiger partial charge in [-0.05, 0) is 25.1 Å². The molecule has 0 saturated carbocycles. The fourth-order valence-corrected chi connectivity index (χ4v) is 1.36. The predicted molar refractivity (Wildman–Crippen MR) is 66.9 cm³/mol. The van der Waals surface area contributed by atoms with Crippen LogP contribution in [0.15, 0.2) is 18.2 Å². The molecule has 0 saturated heterocycles. The number of primary amides is 1. The normalized spacial score (nSPS) is 9.71. The summed E-state index contributed by atoms with van der Waals surface area (Å²) in [6.45, 7) is 2.39. The number of nitrogens with two attached hydrogens (primary N) is 2. The summed E-state index contributed by atoms with van der Waals surface area (Å²) in [6, 6.07) is 4.56. The topological polar surface area (TPSA) is 110 Å². The number of carbonyl (C=O) groups excluding carboxylic acids is 2. The number of hydrogen-bond acceptors (Lipinski definition) is 4. The first-order valence-electron chi connectivity index (χ1n) is 5.18. The van der Waals surface area contributed by atoms with E-state index in [4.69, 9.17) is 11.5 Å². The number of carbonyl (C=O) groups is 2. The van der Waals surface area contributed by atoms with Crippen LogP contribution in [0, 0.1) is 0 Å². The summed E-state index contributed by atoms with van der Waals surface area (Å²) in [4.78, 5) is 21.7. The first kappa shape index (κ1) is 12.8. The maximum absolute atomic E-state index is 11.3. The molecule has 0 aromatic heterocycles. The van der Waals surface area contributed by atoms with E-state index in [9.17, 15) is 9.59 Å². The van der Waals surface area contributed by atoms with E-state index in [1.165, 1.54) is 6.92 Å². The van der Waals surface area contributed by atoms with Crippen molar-refractivity contribution in [2.24, 2.45) is 5.73 Å². The van der Waals surface area contributed by atoms with Crippen molar-refractivity contribution in [3.05, 3.63) is 23.8 Å². The van der Waals surface area contributed by atoms with Crippen molar-refractivity contribution in [1.82, 2.24) is 5.32 Å². The van der Waals surface area contributed by atoms with Gasteiger partial charge in [0, 0.05) is 30.0 Å². The summed E-state index contributed by atoms with van der Waals surface area (Å²) < 4.78 is 0. The standard InChI is InChI=1S/C11H16N4O2/c1-7(16)9-6-8(2-3-10(9)12)14-4-5-15-11(13)17/h2-3,6,14H,4-5,12H2,1H3,(H3,13,15,17). The molecule has 17 heavy (non-hydrogen) atoms. The van der Waals surface area contributed by atoms with Crippen molar-refractivity contribution in [2.45, 2.75) is 6.92 Å². The van der Waals surface area contributed by atoms with Gasteiger partial charge in [-0.15, -0.1) is 0 Å². The van der Waals surface area contributed by atoms with Gasteiger partial charge in [-0.3, -0.25) is 4.79 Å². The molecular formula is C11H16N4O2. The lowest BCUT2D eigenvalue weighted by Gasteiger charge is -2.09. The molecule has 0 radical (unpaired) electrons. The highest BCUT2D eigenvalue weighted by molar-refractivity contribution is 6.00. The number of hydrogen-bond donors (Lipinski definition) is 4. The molecule has 2 amide bonds. The second-order valence-corrected chi connectivity index (χ2v) is 3.58. The summed E-state index contributed by atoms with van der Waals surface area (Å²) in [5.41, 5.74) is 12.3. The monoisotopic (exact) mass is 236 g/mol. The van der Waals surface area contributed by atoms with Gasteiger partial charge in [-0.2, -0.15) is 0 Å². The van der Waals surface area contributed by atoms with Crippen LogP contribution in [-0.4, -0.2) is 24.9 Å². The first-order chi connectivity index (χ1) is 8.00. The van der Waals surface area contributed by atoms with Gasteiger partial charge in [0.15, 0.2) is 5.78 Å². The van der Waals surface area contributed by atoms with E-state index < -0.39 is 6.03 Å². The Morgan fingerprint density at radius 1 is 1.29 bits per heavy atom. The fraction of sp³-hybridized carbons (Fsp3) is 0.273. The summed E-state index contributed by atoms with van der Waals surface area (Å²) >= 11 is 0. The van der Waals surface area contributed by atoms with E-state index in [1.807, 2.05) is 0 Å². The molecule has 0 atom stereocenters. The molecule has 0 aliphatic heterocycles. The summed E-state index contributed by atoms with van der Waals surface area (Å²) in [5.74, 6) is -0.0820. The van der Waals surface area contributed by atoms with E-state index in [0.29, 0.717) is 24.3 Å². The second-order valence-electron chi connectivity index (χ2n) is 3.58.